The number of rotatable bonds is 4. The van der Waals surface area contributed by atoms with Gasteiger partial charge in [-0.15, -0.1) is 0 Å². The highest BCUT2D eigenvalue weighted by Crippen LogP contribution is 2.46. The lowest BCUT2D eigenvalue weighted by Crippen LogP contribution is -2.57. The molecule has 0 bridgehead atoms. The Morgan fingerprint density at radius 2 is 2.33 bits per heavy atom. The molecule has 1 aromatic carbocycles. The van der Waals surface area contributed by atoms with Crippen LogP contribution in [0.4, 0.5) is 0 Å². The Balaban J connectivity index is 2.25. The zero-order valence-electron chi connectivity index (χ0n) is 10.3. The third-order valence-corrected chi connectivity index (χ3v) is 3.99. The number of hydrogen-bond donors (Lipinski definition) is 2. The van der Waals surface area contributed by atoms with Crippen molar-refractivity contribution in [1.82, 2.24) is 5.43 Å². The maximum absolute atomic E-state index is 12.1. The van der Waals surface area contributed by atoms with E-state index in [4.69, 9.17) is 10.6 Å². The molecule has 0 atom stereocenters. The van der Waals surface area contributed by atoms with Gasteiger partial charge in [0.25, 0.3) is 0 Å². The third-order valence-electron chi connectivity index (χ3n) is 3.50. The summed E-state index contributed by atoms with van der Waals surface area (Å²) in [5, 5.41) is 0. The summed E-state index contributed by atoms with van der Waals surface area (Å²) in [7, 11) is 0. The number of nitrogens with one attached hydrogen (secondary N) is 1. The van der Waals surface area contributed by atoms with Gasteiger partial charge in [0.1, 0.15) is 0 Å². The third kappa shape index (κ3) is 2.30. The molecule has 0 aliphatic heterocycles. The van der Waals surface area contributed by atoms with E-state index in [1.165, 1.54) is 0 Å². The van der Waals surface area contributed by atoms with E-state index in [0.717, 1.165) is 10.0 Å². The molecule has 2 rings (SSSR count). The molecule has 1 aromatic rings. The number of halogens is 1. The van der Waals surface area contributed by atoms with Gasteiger partial charge in [-0.3, -0.25) is 10.2 Å². The SMILES string of the molecule is CCOC1CC(C(=O)NN)(c2cccc(Br)c2)C1. The van der Waals surface area contributed by atoms with Gasteiger partial charge in [0.2, 0.25) is 5.91 Å². The fourth-order valence-corrected chi connectivity index (χ4v) is 2.95. The van der Waals surface area contributed by atoms with Crippen LogP contribution in [0.5, 0.6) is 0 Å². The summed E-state index contributed by atoms with van der Waals surface area (Å²) < 4.78 is 6.51. The molecule has 98 valence electrons. The first kappa shape index (κ1) is 13.5. The second-order valence-corrected chi connectivity index (χ2v) is 5.47. The van der Waals surface area contributed by atoms with E-state index >= 15 is 0 Å². The van der Waals surface area contributed by atoms with Gasteiger partial charge in [0.15, 0.2) is 0 Å². The summed E-state index contributed by atoms with van der Waals surface area (Å²) in [5.41, 5.74) is 2.72. The molecule has 1 amide bonds. The van der Waals surface area contributed by atoms with Crippen LogP contribution in [0, 0.1) is 0 Å². The Morgan fingerprint density at radius 3 is 2.89 bits per heavy atom. The molecule has 0 unspecified atom stereocenters. The van der Waals surface area contributed by atoms with Gasteiger partial charge < -0.3 is 4.74 Å². The van der Waals surface area contributed by atoms with Crippen LogP contribution in [-0.2, 0) is 14.9 Å². The smallest absolute Gasteiger partial charge is 0.244 e. The van der Waals surface area contributed by atoms with Gasteiger partial charge in [0, 0.05) is 11.1 Å². The predicted molar refractivity (Wildman–Crippen MR) is 72.8 cm³/mol. The fourth-order valence-electron chi connectivity index (χ4n) is 2.55. The Hall–Kier alpha value is -0.910. The van der Waals surface area contributed by atoms with Crippen LogP contribution in [-0.4, -0.2) is 18.6 Å². The highest BCUT2D eigenvalue weighted by atomic mass is 79.9. The zero-order valence-corrected chi connectivity index (χ0v) is 11.9. The number of amides is 1. The lowest BCUT2D eigenvalue weighted by Gasteiger charge is -2.45. The number of carbonyl (C=O) groups is 1. The van der Waals surface area contributed by atoms with E-state index in [-0.39, 0.29) is 12.0 Å². The first-order chi connectivity index (χ1) is 8.62. The van der Waals surface area contributed by atoms with E-state index < -0.39 is 5.41 Å². The van der Waals surface area contributed by atoms with Crippen molar-refractivity contribution in [2.75, 3.05) is 6.61 Å². The van der Waals surface area contributed by atoms with Gasteiger partial charge in [-0.2, -0.15) is 0 Å². The number of ether oxygens (including phenoxy) is 1. The molecule has 1 aliphatic carbocycles. The Labute approximate surface area is 115 Å². The zero-order chi connectivity index (χ0) is 13.2. The molecule has 0 radical (unpaired) electrons. The van der Waals surface area contributed by atoms with Crippen molar-refractivity contribution < 1.29 is 9.53 Å². The molecule has 1 saturated carbocycles. The number of carbonyl (C=O) groups excluding carboxylic acids is 1. The van der Waals surface area contributed by atoms with Crippen molar-refractivity contribution in [2.45, 2.75) is 31.3 Å². The highest BCUT2D eigenvalue weighted by molar-refractivity contribution is 9.10. The van der Waals surface area contributed by atoms with Crippen LogP contribution in [0.25, 0.3) is 0 Å². The summed E-state index contributed by atoms with van der Waals surface area (Å²) in [6.07, 6.45) is 1.51. The minimum absolute atomic E-state index is 0.142. The predicted octanol–water partition coefficient (Wildman–Crippen LogP) is 1.88. The summed E-state index contributed by atoms with van der Waals surface area (Å²) in [4.78, 5) is 12.1. The molecule has 1 aliphatic rings. The molecule has 4 nitrogen and oxygen atoms in total. The fraction of sp³-hybridized carbons (Fsp3) is 0.462. The first-order valence-corrected chi connectivity index (χ1v) is 6.80. The van der Waals surface area contributed by atoms with Crippen LogP contribution in [0.1, 0.15) is 25.3 Å². The van der Waals surface area contributed by atoms with E-state index in [0.29, 0.717) is 19.4 Å². The number of hydrazine groups is 1. The second-order valence-electron chi connectivity index (χ2n) is 4.55. The molecular weight excluding hydrogens is 296 g/mol. The monoisotopic (exact) mass is 312 g/mol. The molecule has 18 heavy (non-hydrogen) atoms. The quantitative estimate of drug-likeness (QED) is 0.507. The standard InChI is InChI=1S/C13H17BrN2O2/c1-2-18-11-7-13(8-11,12(17)16-15)9-4-3-5-10(14)6-9/h3-6,11H,2,7-8,15H2,1H3,(H,16,17). The molecule has 0 aromatic heterocycles. The lowest BCUT2D eigenvalue weighted by atomic mass is 9.62. The van der Waals surface area contributed by atoms with E-state index in [2.05, 4.69) is 21.4 Å². The topological polar surface area (TPSA) is 64.3 Å². The number of hydrogen-bond acceptors (Lipinski definition) is 3. The van der Waals surface area contributed by atoms with E-state index in [9.17, 15) is 4.79 Å². The van der Waals surface area contributed by atoms with Crippen LogP contribution in [0.3, 0.4) is 0 Å². The summed E-state index contributed by atoms with van der Waals surface area (Å²) >= 11 is 3.43. The van der Waals surface area contributed by atoms with Gasteiger partial charge in [-0.05, 0) is 37.5 Å². The first-order valence-electron chi connectivity index (χ1n) is 6.01. The molecule has 0 heterocycles. The average Bonchev–Trinajstić information content (AvgIpc) is 2.32. The maximum Gasteiger partial charge on any atom is 0.244 e. The Kier molecular flexibility index (Phi) is 4.04. The van der Waals surface area contributed by atoms with Crippen molar-refractivity contribution in [3.05, 3.63) is 34.3 Å². The minimum atomic E-state index is -0.543. The number of benzene rings is 1. The summed E-state index contributed by atoms with van der Waals surface area (Å²) in [6.45, 7) is 2.63. The second kappa shape index (κ2) is 5.38. The van der Waals surface area contributed by atoms with Gasteiger partial charge in [-0.25, -0.2) is 5.84 Å². The van der Waals surface area contributed by atoms with Crippen molar-refractivity contribution in [1.29, 1.82) is 0 Å². The molecule has 3 N–H and O–H groups in total. The van der Waals surface area contributed by atoms with Gasteiger partial charge in [0.05, 0.1) is 11.5 Å². The highest BCUT2D eigenvalue weighted by Gasteiger charge is 2.51. The Morgan fingerprint density at radius 1 is 1.61 bits per heavy atom. The molecular formula is C13H17BrN2O2. The summed E-state index contributed by atoms with van der Waals surface area (Å²) in [5.74, 6) is 5.17. The minimum Gasteiger partial charge on any atom is -0.378 e. The maximum atomic E-state index is 12.1. The van der Waals surface area contributed by atoms with E-state index in [1.54, 1.807) is 0 Å². The van der Waals surface area contributed by atoms with Crippen LogP contribution in [0.2, 0.25) is 0 Å². The van der Waals surface area contributed by atoms with Crippen molar-refractivity contribution in [2.24, 2.45) is 5.84 Å². The molecule has 0 saturated heterocycles. The lowest BCUT2D eigenvalue weighted by molar-refractivity contribution is -0.138. The summed E-state index contributed by atoms with van der Waals surface area (Å²) in [6, 6.07) is 7.80. The molecule has 0 spiro atoms. The Bertz CT molecular complexity index is 444. The largest absolute Gasteiger partial charge is 0.378 e. The van der Waals surface area contributed by atoms with Crippen LogP contribution in [0.15, 0.2) is 28.7 Å². The van der Waals surface area contributed by atoms with Gasteiger partial charge >= 0.3 is 0 Å². The van der Waals surface area contributed by atoms with Gasteiger partial charge in [-0.1, -0.05) is 28.1 Å². The number of nitrogens with two attached hydrogens (primary N) is 1. The van der Waals surface area contributed by atoms with Crippen LogP contribution < -0.4 is 11.3 Å². The molecule has 5 heteroatoms. The van der Waals surface area contributed by atoms with Crippen molar-refractivity contribution in [3.8, 4) is 0 Å². The van der Waals surface area contributed by atoms with Crippen molar-refractivity contribution in [3.63, 3.8) is 0 Å². The van der Waals surface area contributed by atoms with Crippen LogP contribution >= 0.6 is 15.9 Å². The van der Waals surface area contributed by atoms with Crippen molar-refractivity contribution >= 4 is 21.8 Å². The molecule has 1 fully saturated rings. The average molecular weight is 313 g/mol. The normalized spacial score (nSPS) is 26.5. The van der Waals surface area contributed by atoms with E-state index in [1.807, 2.05) is 31.2 Å².